The van der Waals surface area contributed by atoms with Crippen LogP contribution >= 0.6 is 11.3 Å². The van der Waals surface area contributed by atoms with Gasteiger partial charge in [0, 0.05) is 17.7 Å². The number of fused-ring (bicyclic) bond motifs is 1. The average Bonchev–Trinajstić information content (AvgIpc) is 3.46. The van der Waals surface area contributed by atoms with Crippen LogP contribution in [0.5, 0.6) is 0 Å². The molecule has 1 N–H and O–H groups in total. The van der Waals surface area contributed by atoms with E-state index in [0.717, 1.165) is 16.2 Å². The van der Waals surface area contributed by atoms with E-state index in [0.29, 0.717) is 21.7 Å². The van der Waals surface area contributed by atoms with E-state index in [1.807, 2.05) is 0 Å². The molecule has 2 aromatic heterocycles. The smallest absolute Gasteiger partial charge is 0.296 e. The highest BCUT2D eigenvalue weighted by atomic mass is 32.1. The number of aliphatic hydroxyl groups excluding tert-OH is 1. The molecule has 2 aromatic carbocycles. The fraction of sp³-hybridized carbons (Fsp3) is 0.125. The van der Waals surface area contributed by atoms with Gasteiger partial charge in [0.1, 0.15) is 23.4 Å². The highest BCUT2D eigenvalue weighted by molar-refractivity contribution is 7.22. The predicted octanol–water partition coefficient (Wildman–Crippen LogP) is 5.34. The molecule has 0 aliphatic carbocycles. The van der Waals surface area contributed by atoms with Gasteiger partial charge in [-0.1, -0.05) is 29.5 Å². The van der Waals surface area contributed by atoms with Crippen molar-refractivity contribution in [1.29, 1.82) is 0 Å². The Bertz CT molecular complexity index is 1590. The van der Waals surface area contributed by atoms with E-state index in [1.165, 1.54) is 42.5 Å². The number of anilines is 1. The molecule has 11 heteroatoms. The predicted molar refractivity (Wildman–Crippen MR) is 125 cm³/mol. The Labute approximate surface area is 200 Å². The van der Waals surface area contributed by atoms with Crippen molar-refractivity contribution in [2.75, 3.05) is 4.90 Å². The second-order valence-corrected chi connectivity index (χ2v) is 8.93. The van der Waals surface area contributed by atoms with Gasteiger partial charge in [-0.15, -0.1) is 0 Å². The molecule has 0 fully saturated rings. The number of nitro groups is 1. The Morgan fingerprint density at radius 3 is 2.63 bits per heavy atom. The largest absolute Gasteiger partial charge is 0.503 e. The van der Waals surface area contributed by atoms with E-state index in [4.69, 9.17) is 4.42 Å². The summed E-state index contributed by atoms with van der Waals surface area (Å²) in [7, 11) is 0. The number of Topliss-reactive ketones (excluding diaryl/α,β-unsaturated/α-hetero) is 1. The first-order valence-electron chi connectivity index (χ1n) is 10.3. The van der Waals surface area contributed by atoms with Gasteiger partial charge < -0.3 is 9.52 Å². The zero-order valence-corrected chi connectivity index (χ0v) is 19.1. The third kappa shape index (κ3) is 3.56. The number of aliphatic hydroxyl groups is 1. The third-order valence-corrected chi connectivity index (χ3v) is 6.73. The number of hydrogen-bond acceptors (Lipinski definition) is 8. The minimum absolute atomic E-state index is 0.0173. The minimum atomic E-state index is -1.32. The number of ketones is 1. The van der Waals surface area contributed by atoms with E-state index in [2.05, 4.69) is 4.98 Å². The second kappa shape index (κ2) is 8.13. The number of amides is 1. The van der Waals surface area contributed by atoms with Crippen molar-refractivity contribution in [3.8, 4) is 0 Å². The lowest BCUT2D eigenvalue weighted by Gasteiger charge is -2.24. The lowest BCUT2D eigenvalue weighted by molar-refractivity contribution is -0.384. The molecule has 5 rings (SSSR count). The number of benzene rings is 2. The fourth-order valence-corrected chi connectivity index (χ4v) is 5.17. The molecule has 0 radical (unpaired) electrons. The number of carbonyl (C=O) groups is 2. The van der Waals surface area contributed by atoms with Crippen LogP contribution in [0.2, 0.25) is 0 Å². The third-order valence-electron chi connectivity index (χ3n) is 5.72. The number of carbonyl (C=O) groups excluding carboxylic acids is 2. The van der Waals surface area contributed by atoms with E-state index >= 15 is 0 Å². The fourth-order valence-electron chi connectivity index (χ4n) is 4.14. The summed E-state index contributed by atoms with van der Waals surface area (Å²) in [4.78, 5) is 42.8. The van der Waals surface area contributed by atoms with Crippen LogP contribution in [0.1, 0.15) is 33.5 Å². The summed E-state index contributed by atoms with van der Waals surface area (Å²) < 4.78 is 20.8. The van der Waals surface area contributed by atoms with Gasteiger partial charge in [-0.3, -0.25) is 24.6 Å². The second-order valence-electron chi connectivity index (χ2n) is 7.92. The summed E-state index contributed by atoms with van der Waals surface area (Å²) in [5.74, 6) is -2.38. The van der Waals surface area contributed by atoms with Crippen molar-refractivity contribution in [1.82, 2.24) is 4.98 Å². The number of furan rings is 1. The van der Waals surface area contributed by atoms with Crippen molar-refractivity contribution >= 4 is 44.1 Å². The first-order chi connectivity index (χ1) is 16.7. The summed E-state index contributed by atoms with van der Waals surface area (Å²) in [5, 5.41) is 22.0. The molecule has 1 unspecified atom stereocenters. The molecule has 1 atom stereocenters. The maximum absolute atomic E-state index is 15.0. The molecule has 3 heterocycles. The maximum atomic E-state index is 15.0. The summed E-state index contributed by atoms with van der Waals surface area (Å²) in [6.07, 6.45) is 0. The number of nitro benzene ring substituents is 1. The van der Waals surface area contributed by atoms with Crippen LogP contribution in [0.3, 0.4) is 0 Å². The number of nitrogens with zero attached hydrogens (tertiary/aromatic N) is 3. The molecule has 0 saturated heterocycles. The molecule has 1 aliphatic heterocycles. The van der Waals surface area contributed by atoms with Crippen LogP contribution < -0.4 is 4.90 Å². The number of halogens is 1. The van der Waals surface area contributed by atoms with Gasteiger partial charge in [-0.2, -0.15) is 0 Å². The van der Waals surface area contributed by atoms with E-state index in [1.54, 1.807) is 19.9 Å². The molecule has 9 nitrogen and oxygen atoms in total. The molecule has 35 heavy (non-hydrogen) atoms. The van der Waals surface area contributed by atoms with Crippen molar-refractivity contribution in [2.45, 2.75) is 19.9 Å². The lowest BCUT2D eigenvalue weighted by Crippen LogP contribution is -2.31. The molecule has 4 aromatic rings. The Morgan fingerprint density at radius 2 is 1.97 bits per heavy atom. The molecule has 0 bridgehead atoms. The summed E-state index contributed by atoms with van der Waals surface area (Å²) >= 11 is 0.952. The lowest BCUT2D eigenvalue weighted by atomic mass is 9.92. The van der Waals surface area contributed by atoms with Crippen LogP contribution in [-0.4, -0.2) is 26.7 Å². The number of rotatable bonds is 5. The first kappa shape index (κ1) is 22.4. The van der Waals surface area contributed by atoms with Crippen molar-refractivity contribution in [3.05, 3.63) is 98.4 Å². The van der Waals surface area contributed by atoms with E-state index < -0.39 is 34.2 Å². The highest BCUT2D eigenvalue weighted by Crippen LogP contribution is 2.45. The van der Waals surface area contributed by atoms with Gasteiger partial charge in [0.05, 0.1) is 26.3 Å². The van der Waals surface area contributed by atoms with Crippen molar-refractivity contribution < 1.29 is 28.4 Å². The summed E-state index contributed by atoms with van der Waals surface area (Å²) in [6.45, 7) is 3.23. The normalized spacial score (nSPS) is 15.9. The van der Waals surface area contributed by atoms with Gasteiger partial charge in [0.25, 0.3) is 11.6 Å². The molecule has 0 saturated carbocycles. The number of aryl methyl sites for hydroxylation is 2. The van der Waals surface area contributed by atoms with Crippen molar-refractivity contribution in [2.24, 2.45) is 0 Å². The van der Waals surface area contributed by atoms with Crippen LogP contribution in [0.4, 0.5) is 15.2 Å². The summed E-state index contributed by atoms with van der Waals surface area (Å²) in [5.41, 5.74) is 0.0237. The van der Waals surface area contributed by atoms with Crippen molar-refractivity contribution in [3.63, 3.8) is 0 Å². The number of thiazole rings is 1. The molecular weight excluding hydrogens is 477 g/mol. The minimum Gasteiger partial charge on any atom is -0.503 e. The summed E-state index contributed by atoms with van der Waals surface area (Å²) in [6, 6.07) is 9.80. The monoisotopic (exact) mass is 493 g/mol. The van der Waals surface area contributed by atoms with Gasteiger partial charge in [0.2, 0.25) is 0 Å². The number of hydrogen-bond donors (Lipinski definition) is 1. The Morgan fingerprint density at radius 1 is 1.23 bits per heavy atom. The van der Waals surface area contributed by atoms with Crippen LogP contribution in [0, 0.1) is 29.8 Å². The Kier molecular flexibility index (Phi) is 5.21. The zero-order chi connectivity index (χ0) is 25.0. The standard InChI is InChI=1S/C24H16FN3O6S/c1-11-9-15(12(2)34-11)21(29)19-20(14-5-3-4-6-16(14)25)27(23(31)22(19)30)24-26-17-8-7-13(28(32)33)10-18(17)35-24/h3-10,20,30H,1-2H3. The quantitative estimate of drug-likeness (QED) is 0.226. The van der Waals surface area contributed by atoms with E-state index in [9.17, 15) is 29.2 Å². The highest BCUT2D eigenvalue weighted by Gasteiger charge is 2.47. The maximum Gasteiger partial charge on any atom is 0.296 e. The van der Waals surface area contributed by atoms with Crippen LogP contribution in [-0.2, 0) is 4.79 Å². The first-order valence-corrected chi connectivity index (χ1v) is 11.2. The SMILES string of the molecule is Cc1cc(C(=O)C2=C(O)C(=O)N(c3nc4ccc([N+](=O)[O-])cc4s3)C2c2ccccc2F)c(C)o1. The van der Waals surface area contributed by atoms with Gasteiger partial charge in [0.15, 0.2) is 16.7 Å². The number of aromatic nitrogens is 1. The molecule has 0 spiro atoms. The van der Waals surface area contributed by atoms with Crippen LogP contribution in [0.25, 0.3) is 10.2 Å². The molecular formula is C24H16FN3O6S. The van der Waals surface area contributed by atoms with Gasteiger partial charge in [-0.25, -0.2) is 9.37 Å². The van der Waals surface area contributed by atoms with Crippen LogP contribution in [0.15, 0.2) is 64.3 Å². The topological polar surface area (TPSA) is 127 Å². The Hall–Kier alpha value is -4.38. The zero-order valence-electron chi connectivity index (χ0n) is 18.3. The molecule has 176 valence electrons. The molecule has 1 amide bonds. The Balaban J connectivity index is 1.70. The van der Waals surface area contributed by atoms with Gasteiger partial charge >= 0.3 is 0 Å². The van der Waals surface area contributed by atoms with Gasteiger partial charge in [-0.05, 0) is 32.0 Å². The molecule has 1 aliphatic rings. The van der Waals surface area contributed by atoms with E-state index in [-0.39, 0.29) is 27.5 Å². The average molecular weight is 493 g/mol. The number of non-ortho nitro benzene ring substituents is 1.